The van der Waals surface area contributed by atoms with Crippen LogP contribution in [0.3, 0.4) is 0 Å². The Morgan fingerprint density at radius 3 is 2.50 bits per heavy atom. The molecule has 1 saturated carbocycles. The predicted molar refractivity (Wildman–Crippen MR) is 85.1 cm³/mol. The maximum absolute atomic E-state index is 12.4. The lowest BCUT2D eigenvalue weighted by Gasteiger charge is -2.31. The van der Waals surface area contributed by atoms with Crippen LogP contribution in [0.1, 0.15) is 82.3 Å². The molecular weight excluding hydrogens is 244 g/mol. The molecule has 110 valence electrons. The summed E-state index contributed by atoms with van der Waals surface area (Å²) >= 11 is 0. The normalized spacial score (nSPS) is 23.3. The van der Waals surface area contributed by atoms with Crippen molar-refractivity contribution in [1.82, 2.24) is 0 Å². The topological polar surface area (TPSA) is 17.1 Å². The molecule has 1 fully saturated rings. The number of ketones is 1. The number of hydrogen-bond acceptors (Lipinski definition) is 1. The van der Waals surface area contributed by atoms with Crippen LogP contribution in [-0.2, 0) is 4.79 Å². The van der Waals surface area contributed by atoms with E-state index in [9.17, 15) is 4.79 Å². The van der Waals surface area contributed by atoms with Crippen LogP contribution >= 0.6 is 0 Å². The van der Waals surface area contributed by atoms with Crippen molar-refractivity contribution in [2.24, 2.45) is 5.92 Å². The molecular formula is C19H28O. The highest BCUT2D eigenvalue weighted by Crippen LogP contribution is 2.38. The van der Waals surface area contributed by atoms with E-state index in [0.717, 1.165) is 12.8 Å². The second-order valence-electron chi connectivity index (χ2n) is 6.56. The summed E-state index contributed by atoms with van der Waals surface area (Å²) in [7, 11) is 0. The minimum Gasteiger partial charge on any atom is -0.299 e. The summed E-state index contributed by atoms with van der Waals surface area (Å²) in [6.45, 7) is 6.66. The number of hydrogen-bond donors (Lipinski definition) is 0. The Balaban J connectivity index is 2.18. The summed E-state index contributed by atoms with van der Waals surface area (Å²) in [6.07, 6.45) is 6.77. The molecule has 1 nitrogen and oxygen atoms in total. The summed E-state index contributed by atoms with van der Waals surface area (Å²) in [4.78, 5) is 12.4. The van der Waals surface area contributed by atoms with Gasteiger partial charge in [0.2, 0.25) is 0 Å². The van der Waals surface area contributed by atoms with E-state index in [1.807, 2.05) is 0 Å². The van der Waals surface area contributed by atoms with Crippen molar-refractivity contribution in [1.29, 1.82) is 0 Å². The molecule has 0 radical (unpaired) electrons. The third-order valence-electron chi connectivity index (χ3n) is 4.71. The van der Waals surface area contributed by atoms with Gasteiger partial charge in [0, 0.05) is 12.3 Å². The molecule has 0 unspecified atom stereocenters. The second kappa shape index (κ2) is 7.06. The average Bonchev–Trinajstić information content (AvgIpc) is 2.45. The maximum atomic E-state index is 12.4. The van der Waals surface area contributed by atoms with Gasteiger partial charge in [-0.05, 0) is 42.2 Å². The highest BCUT2D eigenvalue weighted by molar-refractivity contribution is 5.86. The van der Waals surface area contributed by atoms with Gasteiger partial charge in [-0.2, -0.15) is 0 Å². The van der Waals surface area contributed by atoms with Gasteiger partial charge in [-0.3, -0.25) is 4.79 Å². The van der Waals surface area contributed by atoms with Gasteiger partial charge in [0.1, 0.15) is 5.78 Å². The fourth-order valence-electron chi connectivity index (χ4n) is 3.45. The molecule has 20 heavy (non-hydrogen) atoms. The van der Waals surface area contributed by atoms with Crippen molar-refractivity contribution in [2.45, 2.75) is 71.1 Å². The van der Waals surface area contributed by atoms with Crippen LogP contribution in [0.15, 0.2) is 24.3 Å². The lowest BCUT2D eigenvalue weighted by molar-refractivity contribution is -0.123. The van der Waals surface area contributed by atoms with Gasteiger partial charge in [0.05, 0.1) is 0 Å². The Labute approximate surface area is 123 Å². The van der Waals surface area contributed by atoms with Crippen LogP contribution in [0.25, 0.3) is 0 Å². The predicted octanol–water partition coefficient (Wildman–Crippen LogP) is 5.45. The third kappa shape index (κ3) is 3.50. The fourth-order valence-corrected chi connectivity index (χ4v) is 3.45. The molecule has 0 spiro atoms. The van der Waals surface area contributed by atoms with Crippen molar-refractivity contribution in [2.75, 3.05) is 0 Å². The van der Waals surface area contributed by atoms with E-state index in [0.29, 0.717) is 17.6 Å². The monoisotopic (exact) mass is 272 g/mol. The maximum Gasteiger partial charge on any atom is 0.140 e. The molecule has 0 aliphatic heterocycles. The molecule has 0 heterocycles. The number of benzene rings is 1. The minimum atomic E-state index is 0.163. The zero-order valence-corrected chi connectivity index (χ0v) is 13.2. The molecule has 0 aromatic heterocycles. The van der Waals surface area contributed by atoms with E-state index in [1.165, 1.54) is 36.8 Å². The molecule has 0 bridgehead atoms. The molecule has 1 aliphatic rings. The molecule has 1 heteroatoms. The first kappa shape index (κ1) is 15.3. The zero-order valence-electron chi connectivity index (χ0n) is 13.2. The van der Waals surface area contributed by atoms with E-state index >= 15 is 0 Å². The highest BCUT2D eigenvalue weighted by atomic mass is 16.1. The first-order valence-electron chi connectivity index (χ1n) is 8.26. The van der Waals surface area contributed by atoms with E-state index < -0.39 is 0 Å². The second-order valence-corrected chi connectivity index (χ2v) is 6.56. The molecule has 1 aromatic carbocycles. The summed E-state index contributed by atoms with van der Waals surface area (Å²) in [5, 5.41) is 0. The van der Waals surface area contributed by atoms with Gasteiger partial charge >= 0.3 is 0 Å². The van der Waals surface area contributed by atoms with Crippen LogP contribution in [0, 0.1) is 5.92 Å². The third-order valence-corrected chi connectivity index (χ3v) is 4.71. The van der Waals surface area contributed by atoms with Crippen molar-refractivity contribution >= 4 is 5.78 Å². The SMILES string of the molecule is CCCC[C@@H]1CCCC(=O)[C@H]1c1ccc(C(C)C)cc1. The van der Waals surface area contributed by atoms with Crippen LogP contribution in [0.5, 0.6) is 0 Å². The summed E-state index contributed by atoms with van der Waals surface area (Å²) in [5.41, 5.74) is 2.61. The Bertz CT molecular complexity index is 430. The number of unbranched alkanes of at least 4 members (excludes halogenated alkanes) is 1. The van der Waals surface area contributed by atoms with Crippen molar-refractivity contribution in [3.8, 4) is 0 Å². The average molecular weight is 272 g/mol. The largest absolute Gasteiger partial charge is 0.299 e. The number of carbonyl (C=O) groups excluding carboxylic acids is 1. The van der Waals surface area contributed by atoms with E-state index in [4.69, 9.17) is 0 Å². The van der Waals surface area contributed by atoms with Crippen LogP contribution in [-0.4, -0.2) is 5.78 Å². The molecule has 2 rings (SSSR count). The first-order chi connectivity index (χ1) is 9.63. The standard InChI is InChI=1S/C19H28O/c1-4-5-7-16-8-6-9-18(20)19(16)17-12-10-15(11-13-17)14(2)3/h10-14,16,19H,4-9H2,1-3H3/t16-,19-/m1/s1. The Hall–Kier alpha value is -1.11. The summed E-state index contributed by atoms with van der Waals surface area (Å²) in [6, 6.07) is 8.81. The van der Waals surface area contributed by atoms with Crippen molar-refractivity contribution in [3.05, 3.63) is 35.4 Å². The Kier molecular flexibility index (Phi) is 5.39. The molecule has 0 saturated heterocycles. The summed E-state index contributed by atoms with van der Waals surface area (Å²) < 4.78 is 0. The molecule has 1 aliphatic carbocycles. The lowest BCUT2D eigenvalue weighted by atomic mass is 9.72. The molecule has 1 aromatic rings. The van der Waals surface area contributed by atoms with Gasteiger partial charge in [0.15, 0.2) is 0 Å². The van der Waals surface area contributed by atoms with Crippen LogP contribution < -0.4 is 0 Å². The quantitative estimate of drug-likeness (QED) is 0.696. The Morgan fingerprint density at radius 1 is 1.20 bits per heavy atom. The van der Waals surface area contributed by atoms with Gasteiger partial charge in [-0.25, -0.2) is 0 Å². The minimum absolute atomic E-state index is 0.163. The molecule has 0 N–H and O–H groups in total. The van der Waals surface area contributed by atoms with E-state index in [-0.39, 0.29) is 5.92 Å². The fraction of sp³-hybridized carbons (Fsp3) is 0.632. The van der Waals surface area contributed by atoms with Crippen molar-refractivity contribution < 1.29 is 4.79 Å². The van der Waals surface area contributed by atoms with Gasteiger partial charge in [-0.1, -0.05) is 57.9 Å². The van der Waals surface area contributed by atoms with E-state index in [2.05, 4.69) is 45.0 Å². The smallest absolute Gasteiger partial charge is 0.140 e. The Morgan fingerprint density at radius 2 is 1.90 bits per heavy atom. The zero-order chi connectivity index (χ0) is 14.5. The van der Waals surface area contributed by atoms with Gasteiger partial charge in [-0.15, -0.1) is 0 Å². The van der Waals surface area contributed by atoms with Crippen LogP contribution in [0.4, 0.5) is 0 Å². The number of carbonyl (C=O) groups is 1. The molecule has 0 amide bonds. The highest BCUT2D eigenvalue weighted by Gasteiger charge is 2.32. The van der Waals surface area contributed by atoms with Crippen molar-refractivity contribution in [3.63, 3.8) is 0 Å². The molecule has 2 atom stereocenters. The number of Topliss-reactive ketones (excluding diaryl/α,β-unsaturated/α-hetero) is 1. The van der Waals surface area contributed by atoms with Crippen LogP contribution in [0.2, 0.25) is 0 Å². The van der Waals surface area contributed by atoms with E-state index in [1.54, 1.807) is 0 Å². The van der Waals surface area contributed by atoms with Gasteiger partial charge in [0.25, 0.3) is 0 Å². The summed E-state index contributed by atoms with van der Waals surface area (Å²) in [5.74, 6) is 1.76. The first-order valence-corrected chi connectivity index (χ1v) is 8.26. The number of rotatable bonds is 5. The van der Waals surface area contributed by atoms with Gasteiger partial charge < -0.3 is 0 Å². The lowest BCUT2D eigenvalue weighted by Crippen LogP contribution is -2.26.